The first-order valence-electron chi connectivity index (χ1n) is 14.6. The average Bonchev–Trinajstić information content (AvgIpc) is 2.99. The van der Waals surface area contributed by atoms with Crippen molar-refractivity contribution in [1.29, 1.82) is 0 Å². The Hall–Kier alpha value is -3.73. The predicted molar refractivity (Wildman–Crippen MR) is 173 cm³/mol. The Bertz CT molecular complexity index is 1360. The first kappa shape index (κ1) is 30.2. The van der Waals surface area contributed by atoms with Gasteiger partial charge in [-0.2, -0.15) is 0 Å². The number of hydrogen-bond acceptors (Lipinski definition) is 3. The summed E-state index contributed by atoms with van der Waals surface area (Å²) < 4.78 is 12.5. The number of esters is 1. The molecule has 4 heteroatoms. The van der Waals surface area contributed by atoms with Gasteiger partial charge in [0.15, 0.2) is 0 Å². The lowest BCUT2D eigenvalue weighted by Gasteiger charge is -2.43. The number of hydrogen-bond donors (Lipinski definition) is 0. The summed E-state index contributed by atoms with van der Waals surface area (Å²) in [6, 6.07) is 37.1. The van der Waals surface area contributed by atoms with E-state index in [-0.39, 0.29) is 11.6 Å². The Morgan fingerprint density at radius 1 is 0.732 bits per heavy atom. The van der Waals surface area contributed by atoms with Crippen LogP contribution in [0.3, 0.4) is 0 Å². The SMILES string of the molecule is C=C(CO[Si](c1ccccc1)(c1ccccc1)C(C)(C)C)C(=O)Oc1ccc(-c2ccc(CCCCC)cc2)cc1. The molecule has 0 bridgehead atoms. The molecule has 0 unspecified atom stereocenters. The van der Waals surface area contributed by atoms with Gasteiger partial charge in [-0.05, 0) is 57.1 Å². The summed E-state index contributed by atoms with van der Waals surface area (Å²) in [4.78, 5) is 13.1. The highest BCUT2D eigenvalue weighted by Crippen LogP contribution is 2.37. The minimum atomic E-state index is -2.78. The van der Waals surface area contributed by atoms with E-state index in [2.05, 4.69) is 82.8 Å². The van der Waals surface area contributed by atoms with Crippen LogP contribution in [0.2, 0.25) is 5.04 Å². The fourth-order valence-electron chi connectivity index (χ4n) is 5.35. The van der Waals surface area contributed by atoms with Crippen LogP contribution in [0, 0.1) is 0 Å². The molecular formula is C37H42O3Si. The molecule has 41 heavy (non-hydrogen) atoms. The molecule has 3 nitrogen and oxygen atoms in total. The summed E-state index contributed by atoms with van der Waals surface area (Å²) in [7, 11) is -2.78. The molecule has 0 amide bonds. The third-order valence-corrected chi connectivity index (χ3v) is 12.6. The van der Waals surface area contributed by atoms with Crippen LogP contribution in [0.25, 0.3) is 11.1 Å². The second kappa shape index (κ2) is 13.8. The van der Waals surface area contributed by atoms with E-state index in [1.807, 2.05) is 60.7 Å². The number of carbonyl (C=O) groups excluding carboxylic acids is 1. The van der Waals surface area contributed by atoms with Crippen molar-refractivity contribution >= 4 is 24.7 Å². The van der Waals surface area contributed by atoms with Gasteiger partial charge in [0.05, 0.1) is 12.2 Å². The number of aryl methyl sites for hydroxylation is 1. The summed E-state index contributed by atoms with van der Waals surface area (Å²) in [6.45, 7) is 13.0. The summed E-state index contributed by atoms with van der Waals surface area (Å²) in [5.41, 5.74) is 3.89. The molecule has 0 fully saturated rings. The zero-order chi connectivity index (χ0) is 29.3. The largest absolute Gasteiger partial charge is 0.423 e. The minimum Gasteiger partial charge on any atom is -0.423 e. The van der Waals surface area contributed by atoms with Gasteiger partial charge in [-0.25, -0.2) is 4.79 Å². The van der Waals surface area contributed by atoms with E-state index in [1.54, 1.807) is 0 Å². The Morgan fingerprint density at radius 3 is 1.73 bits per heavy atom. The van der Waals surface area contributed by atoms with Crippen molar-refractivity contribution in [2.75, 3.05) is 6.61 Å². The molecule has 4 rings (SSSR count). The van der Waals surface area contributed by atoms with Crippen LogP contribution in [0.5, 0.6) is 5.75 Å². The molecule has 0 aliphatic rings. The Kier molecular flexibility index (Phi) is 10.1. The highest BCUT2D eigenvalue weighted by molar-refractivity contribution is 6.99. The smallest absolute Gasteiger partial charge is 0.341 e. The van der Waals surface area contributed by atoms with E-state index in [9.17, 15) is 4.79 Å². The highest BCUT2D eigenvalue weighted by atomic mass is 28.4. The molecular weight excluding hydrogens is 520 g/mol. The molecule has 212 valence electrons. The van der Waals surface area contributed by atoms with Gasteiger partial charge in [0.1, 0.15) is 5.75 Å². The van der Waals surface area contributed by atoms with E-state index in [4.69, 9.17) is 9.16 Å². The second-order valence-electron chi connectivity index (χ2n) is 11.6. The molecule has 0 aromatic heterocycles. The Morgan fingerprint density at radius 2 is 1.24 bits per heavy atom. The zero-order valence-corrected chi connectivity index (χ0v) is 25.9. The van der Waals surface area contributed by atoms with Gasteiger partial charge in [0.2, 0.25) is 0 Å². The molecule has 0 saturated carbocycles. The third-order valence-electron chi connectivity index (χ3n) is 7.59. The lowest BCUT2D eigenvalue weighted by Crippen LogP contribution is -2.66. The fraction of sp³-hybridized carbons (Fsp3) is 0.270. The quantitative estimate of drug-likeness (QED) is 0.0575. The highest BCUT2D eigenvalue weighted by Gasteiger charge is 2.50. The molecule has 0 radical (unpaired) electrons. The number of carbonyl (C=O) groups is 1. The van der Waals surface area contributed by atoms with E-state index in [1.165, 1.54) is 24.8 Å². The van der Waals surface area contributed by atoms with Crippen LogP contribution in [0.15, 0.2) is 121 Å². The second-order valence-corrected chi connectivity index (χ2v) is 15.9. The van der Waals surface area contributed by atoms with Gasteiger partial charge >= 0.3 is 5.97 Å². The van der Waals surface area contributed by atoms with Gasteiger partial charge in [-0.3, -0.25) is 0 Å². The molecule has 0 spiro atoms. The monoisotopic (exact) mass is 562 g/mol. The first-order valence-corrected chi connectivity index (χ1v) is 16.5. The van der Waals surface area contributed by atoms with Gasteiger partial charge in [-0.15, -0.1) is 0 Å². The summed E-state index contributed by atoms with van der Waals surface area (Å²) in [5.74, 6) is 0.00801. The Balaban J connectivity index is 1.44. The molecule has 0 aliphatic heterocycles. The lowest BCUT2D eigenvalue weighted by atomic mass is 10.0. The molecule has 4 aromatic rings. The zero-order valence-electron chi connectivity index (χ0n) is 24.9. The summed E-state index contributed by atoms with van der Waals surface area (Å²) in [5, 5.41) is 2.12. The van der Waals surface area contributed by atoms with Gasteiger partial charge in [0, 0.05) is 0 Å². The summed E-state index contributed by atoms with van der Waals surface area (Å²) in [6.07, 6.45) is 4.84. The third kappa shape index (κ3) is 7.32. The van der Waals surface area contributed by atoms with Crippen LogP contribution >= 0.6 is 0 Å². The van der Waals surface area contributed by atoms with Crippen molar-refractivity contribution in [2.24, 2.45) is 0 Å². The van der Waals surface area contributed by atoms with E-state index >= 15 is 0 Å². The number of benzene rings is 4. The molecule has 0 N–H and O–H groups in total. The number of unbranched alkanes of at least 4 members (excludes halogenated alkanes) is 2. The van der Waals surface area contributed by atoms with Crippen LogP contribution in [-0.2, 0) is 15.6 Å². The molecule has 0 atom stereocenters. The first-order chi connectivity index (χ1) is 19.7. The molecule has 0 aliphatic carbocycles. The molecule has 0 saturated heterocycles. The minimum absolute atomic E-state index is 0.0921. The van der Waals surface area contributed by atoms with Crippen LogP contribution in [0.4, 0.5) is 0 Å². The number of rotatable bonds is 12. The maximum atomic E-state index is 13.1. The topological polar surface area (TPSA) is 35.5 Å². The van der Waals surface area contributed by atoms with Gasteiger partial charge < -0.3 is 9.16 Å². The maximum Gasteiger partial charge on any atom is 0.341 e. The van der Waals surface area contributed by atoms with Crippen LogP contribution in [-0.4, -0.2) is 20.9 Å². The summed E-state index contributed by atoms with van der Waals surface area (Å²) >= 11 is 0. The fourth-order valence-corrected chi connectivity index (χ4v) is 9.90. The predicted octanol–water partition coefficient (Wildman–Crippen LogP) is 8.12. The maximum absolute atomic E-state index is 13.1. The van der Waals surface area contributed by atoms with E-state index in [0.717, 1.165) is 27.9 Å². The lowest BCUT2D eigenvalue weighted by molar-refractivity contribution is -0.130. The normalized spacial score (nSPS) is 11.7. The van der Waals surface area contributed by atoms with Crippen molar-refractivity contribution < 1.29 is 14.0 Å². The Labute approximate surface area is 247 Å². The van der Waals surface area contributed by atoms with Crippen molar-refractivity contribution in [2.45, 2.75) is 58.4 Å². The van der Waals surface area contributed by atoms with E-state index < -0.39 is 14.3 Å². The number of ether oxygens (including phenoxy) is 1. The van der Waals surface area contributed by atoms with Crippen molar-refractivity contribution in [3.05, 3.63) is 127 Å². The molecule has 0 heterocycles. The van der Waals surface area contributed by atoms with Crippen molar-refractivity contribution in [3.63, 3.8) is 0 Å². The van der Waals surface area contributed by atoms with E-state index in [0.29, 0.717) is 11.3 Å². The average molecular weight is 563 g/mol. The van der Waals surface area contributed by atoms with Crippen molar-refractivity contribution in [3.8, 4) is 16.9 Å². The molecule has 4 aromatic carbocycles. The van der Waals surface area contributed by atoms with Crippen LogP contribution in [0.1, 0.15) is 52.5 Å². The van der Waals surface area contributed by atoms with Gasteiger partial charge in [-0.1, -0.05) is 144 Å². The van der Waals surface area contributed by atoms with Crippen LogP contribution < -0.4 is 15.1 Å². The van der Waals surface area contributed by atoms with Gasteiger partial charge in [0.25, 0.3) is 8.32 Å². The van der Waals surface area contributed by atoms with Crippen molar-refractivity contribution in [1.82, 2.24) is 0 Å². The standard InChI is InChI=1S/C37H42O3Si/c1-6-7-10-15-30-20-22-31(23-21-30)32-24-26-33(27-25-32)40-36(38)29(2)28-39-41(37(3,4)5,34-16-11-8-12-17-34)35-18-13-9-14-19-35/h8-9,11-14,16-27H,2,6-7,10,15,28H2,1,3-5H3.